The van der Waals surface area contributed by atoms with Crippen LogP contribution in [0.3, 0.4) is 0 Å². The Labute approximate surface area is 114 Å². The number of hydrogen-bond donors (Lipinski definition) is 1. The molecule has 1 aliphatic carbocycles. The van der Waals surface area contributed by atoms with Crippen molar-refractivity contribution in [3.63, 3.8) is 0 Å². The molecule has 0 spiro atoms. The summed E-state index contributed by atoms with van der Waals surface area (Å²) < 4.78 is 1.71. The number of carbonyl (C=O) groups is 1. The second-order valence-corrected chi connectivity index (χ2v) is 5.53. The minimum atomic E-state index is -0.0524. The third-order valence-electron chi connectivity index (χ3n) is 4.20. The van der Waals surface area contributed by atoms with Crippen LogP contribution < -0.4 is 5.73 Å². The fourth-order valence-electron chi connectivity index (χ4n) is 2.95. The molecule has 106 valence electrons. The molecule has 2 rings (SSSR count). The molecule has 0 aliphatic heterocycles. The summed E-state index contributed by atoms with van der Waals surface area (Å²) >= 11 is 0. The predicted octanol–water partition coefficient (Wildman–Crippen LogP) is 2.14. The van der Waals surface area contributed by atoms with Crippen molar-refractivity contribution in [3.05, 3.63) is 11.9 Å². The largest absolute Gasteiger partial charge is 0.396 e. The van der Waals surface area contributed by atoms with E-state index in [2.05, 4.69) is 12.0 Å². The van der Waals surface area contributed by atoms with Gasteiger partial charge in [-0.2, -0.15) is 5.10 Å². The molecule has 5 nitrogen and oxygen atoms in total. The van der Waals surface area contributed by atoms with E-state index >= 15 is 0 Å². The van der Waals surface area contributed by atoms with Crippen molar-refractivity contribution in [1.29, 1.82) is 0 Å². The van der Waals surface area contributed by atoms with E-state index in [1.165, 1.54) is 19.3 Å². The van der Waals surface area contributed by atoms with E-state index in [0.29, 0.717) is 23.3 Å². The van der Waals surface area contributed by atoms with Gasteiger partial charge in [0, 0.05) is 25.8 Å². The van der Waals surface area contributed by atoms with Gasteiger partial charge in [0.05, 0.1) is 5.69 Å². The highest BCUT2D eigenvalue weighted by Gasteiger charge is 2.30. The zero-order chi connectivity index (χ0) is 14.0. The molecule has 5 heteroatoms. The van der Waals surface area contributed by atoms with Crippen molar-refractivity contribution in [3.8, 4) is 0 Å². The zero-order valence-corrected chi connectivity index (χ0v) is 12.1. The van der Waals surface area contributed by atoms with Crippen molar-refractivity contribution in [1.82, 2.24) is 14.7 Å². The Kier molecular flexibility index (Phi) is 4.12. The van der Waals surface area contributed by atoms with Gasteiger partial charge in [-0.05, 0) is 25.7 Å². The summed E-state index contributed by atoms with van der Waals surface area (Å²) in [4.78, 5) is 14.3. The molecule has 2 unspecified atom stereocenters. The van der Waals surface area contributed by atoms with Crippen LogP contribution in [-0.4, -0.2) is 33.7 Å². The fraction of sp³-hybridized carbons (Fsp3) is 0.714. The predicted molar refractivity (Wildman–Crippen MR) is 75.8 cm³/mol. The van der Waals surface area contributed by atoms with Crippen molar-refractivity contribution >= 4 is 11.6 Å². The van der Waals surface area contributed by atoms with Crippen molar-refractivity contribution in [2.45, 2.75) is 52.1 Å². The van der Waals surface area contributed by atoms with Crippen LogP contribution in [0.5, 0.6) is 0 Å². The maximum absolute atomic E-state index is 12.5. The van der Waals surface area contributed by atoms with Crippen LogP contribution in [0.4, 0.5) is 5.69 Å². The lowest BCUT2D eigenvalue weighted by atomic mass is 9.85. The molecular weight excluding hydrogens is 240 g/mol. The Morgan fingerprint density at radius 1 is 1.53 bits per heavy atom. The Morgan fingerprint density at radius 3 is 2.79 bits per heavy atom. The van der Waals surface area contributed by atoms with Crippen LogP contribution in [0, 0.1) is 5.92 Å². The minimum absolute atomic E-state index is 0.0524. The molecule has 0 bridgehead atoms. The first-order chi connectivity index (χ1) is 9.04. The second-order valence-electron chi connectivity index (χ2n) is 5.53. The van der Waals surface area contributed by atoms with Gasteiger partial charge in [0.25, 0.3) is 5.91 Å². The van der Waals surface area contributed by atoms with Crippen LogP contribution in [-0.2, 0) is 6.54 Å². The summed E-state index contributed by atoms with van der Waals surface area (Å²) in [5.74, 6) is 0.501. The summed E-state index contributed by atoms with van der Waals surface area (Å²) in [6.45, 7) is 4.93. The van der Waals surface area contributed by atoms with Crippen molar-refractivity contribution in [2.24, 2.45) is 5.92 Å². The summed E-state index contributed by atoms with van der Waals surface area (Å²) in [6, 6.07) is 0.312. The third-order valence-corrected chi connectivity index (χ3v) is 4.20. The fourth-order valence-corrected chi connectivity index (χ4v) is 2.95. The lowest BCUT2D eigenvalue weighted by Crippen LogP contribution is -2.43. The highest BCUT2D eigenvalue weighted by atomic mass is 16.2. The molecule has 0 radical (unpaired) electrons. The summed E-state index contributed by atoms with van der Waals surface area (Å²) in [5.41, 5.74) is 6.75. The topological polar surface area (TPSA) is 64.2 Å². The average molecular weight is 264 g/mol. The smallest absolute Gasteiger partial charge is 0.276 e. The number of aromatic nitrogens is 2. The Hall–Kier alpha value is -1.52. The molecule has 1 fully saturated rings. The first-order valence-corrected chi connectivity index (χ1v) is 7.14. The van der Waals surface area contributed by atoms with E-state index in [-0.39, 0.29) is 5.91 Å². The molecule has 1 saturated carbocycles. The Bertz CT molecular complexity index is 454. The molecule has 1 aliphatic rings. The normalized spacial score (nSPS) is 23.3. The summed E-state index contributed by atoms with van der Waals surface area (Å²) in [6.07, 6.45) is 6.47. The summed E-state index contributed by atoms with van der Waals surface area (Å²) in [5, 5.41) is 4.27. The Balaban J connectivity index is 2.15. The number of amides is 1. The van der Waals surface area contributed by atoms with Gasteiger partial charge >= 0.3 is 0 Å². The van der Waals surface area contributed by atoms with E-state index in [4.69, 9.17) is 5.73 Å². The monoisotopic (exact) mass is 264 g/mol. The SMILES string of the molecule is CCn1cc(N)c(C(=O)N(C)C2CCCCC2C)n1. The lowest BCUT2D eigenvalue weighted by Gasteiger charge is -2.36. The molecule has 2 atom stereocenters. The average Bonchev–Trinajstić information content (AvgIpc) is 2.79. The van der Waals surface area contributed by atoms with Crippen LogP contribution in [0.1, 0.15) is 50.0 Å². The van der Waals surface area contributed by atoms with Gasteiger partial charge in [-0.3, -0.25) is 9.48 Å². The van der Waals surface area contributed by atoms with Crippen LogP contribution in [0.2, 0.25) is 0 Å². The molecule has 1 heterocycles. The molecule has 1 aromatic rings. The highest BCUT2D eigenvalue weighted by molar-refractivity contribution is 5.97. The van der Waals surface area contributed by atoms with Crippen molar-refractivity contribution < 1.29 is 4.79 Å². The number of anilines is 1. The molecular formula is C14H24N4O. The lowest BCUT2D eigenvalue weighted by molar-refractivity contribution is 0.0623. The van der Waals surface area contributed by atoms with Gasteiger partial charge in [-0.25, -0.2) is 0 Å². The zero-order valence-electron chi connectivity index (χ0n) is 12.1. The number of nitrogen functional groups attached to an aromatic ring is 1. The molecule has 0 saturated heterocycles. The van der Waals surface area contributed by atoms with Crippen LogP contribution in [0.25, 0.3) is 0 Å². The van der Waals surface area contributed by atoms with Crippen LogP contribution in [0.15, 0.2) is 6.20 Å². The van der Waals surface area contributed by atoms with E-state index in [1.807, 2.05) is 18.9 Å². The number of hydrogen-bond acceptors (Lipinski definition) is 3. The van der Waals surface area contributed by atoms with E-state index < -0.39 is 0 Å². The maximum atomic E-state index is 12.5. The molecule has 1 amide bonds. The quantitative estimate of drug-likeness (QED) is 0.909. The molecule has 1 aromatic heterocycles. The standard InChI is InChI=1S/C14H24N4O/c1-4-18-9-11(15)13(16-18)14(19)17(3)12-8-6-5-7-10(12)2/h9-10,12H,4-8,15H2,1-3H3. The molecule has 2 N–H and O–H groups in total. The van der Waals surface area contributed by atoms with Gasteiger partial charge in [-0.15, -0.1) is 0 Å². The first-order valence-electron chi connectivity index (χ1n) is 7.14. The second kappa shape index (κ2) is 5.63. The number of carbonyl (C=O) groups excluding carboxylic acids is 1. The number of nitrogens with two attached hydrogens (primary N) is 1. The number of nitrogens with zero attached hydrogens (tertiary/aromatic N) is 3. The number of aryl methyl sites for hydroxylation is 1. The number of rotatable bonds is 3. The van der Waals surface area contributed by atoms with Gasteiger partial charge in [0.15, 0.2) is 5.69 Å². The molecule has 0 aromatic carbocycles. The van der Waals surface area contributed by atoms with Crippen molar-refractivity contribution in [2.75, 3.05) is 12.8 Å². The van der Waals surface area contributed by atoms with E-state index in [0.717, 1.165) is 13.0 Å². The van der Waals surface area contributed by atoms with Gasteiger partial charge in [-0.1, -0.05) is 19.8 Å². The van der Waals surface area contributed by atoms with Gasteiger partial charge in [0.2, 0.25) is 0 Å². The van der Waals surface area contributed by atoms with E-state index in [9.17, 15) is 4.79 Å². The first kappa shape index (κ1) is 13.9. The molecule has 19 heavy (non-hydrogen) atoms. The summed E-state index contributed by atoms with van der Waals surface area (Å²) in [7, 11) is 1.87. The van der Waals surface area contributed by atoms with Gasteiger partial charge in [0.1, 0.15) is 0 Å². The minimum Gasteiger partial charge on any atom is -0.396 e. The Morgan fingerprint density at radius 2 is 2.21 bits per heavy atom. The van der Waals surface area contributed by atoms with Crippen LogP contribution >= 0.6 is 0 Å². The van der Waals surface area contributed by atoms with E-state index in [1.54, 1.807) is 10.9 Å². The van der Waals surface area contributed by atoms with Gasteiger partial charge < -0.3 is 10.6 Å². The maximum Gasteiger partial charge on any atom is 0.276 e. The highest BCUT2D eigenvalue weighted by Crippen LogP contribution is 2.28. The third kappa shape index (κ3) is 2.74.